The van der Waals surface area contributed by atoms with E-state index in [1.165, 1.54) is 0 Å². The van der Waals surface area contributed by atoms with Crippen LogP contribution in [0.2, 0.25) is 0 Å². The van der Waals surface area contributed by atoms with E-state index in [0.29, 0.717) is 23.3 Å². The van der Waals surface area contributed by atoms with Gasteiger partial charge < -0.3 is 14.2 Å². The average molecular weight is 496 g/mol. The van der Waals surface area contributed by atoms with E-state index in [0.717, 1.165) is 30.6 Å². The maximum atomic E-state index is 12.8. The number of halogens is 2. The zero-order chi connectivity index (χ0) is 26.0. The standard InChI is InChI=1S/C27H31F2N5O2/c1-5-20-16-33(22(6-2)18-7-10-21(11-8-18)36-27(28)29)17(3)15-34(20)24-13-25(35)32(4)23-12-9-19(14-30)31-26(23)24/h7-13,17,20,22,27H,5-6,15-16H2,1-4H3/t17-,20+,22?/m1/s1. The maximum absolute atomic E-state index is 12.8. The lowest BCUT2D eigenvalue weighted by atomic mass is 9.96. The van der Waals surface area contributed by atoms with Crippen LogP contribution in [0, 0.1) is 11.3 Å². The molecule has 1 unspecified atom stereocenters. The van der Waals surface area contributed by atoms with Gasteiger partial charge in [0.1, 0.15) is 23.0 Å². The normalized spacial score (nSPS) is 19.4. The number of benzene rings is 1. The maximum Gasteiger partial charge on any atom is 0.387 e. The molecule has 0 spiro atoms. The lowest BCUT2D eigenvalue weighted by Crippen LogP contribution is -2.58. The fourth-order valence-electron chi connectivity index (χ4n) is 5.27. The Bertz CT molecular complexity index is 1320. The van der Waals surface area contributed by atoms with Crippen LogP contribution in [0.3, 0.4) is 0 Å². The summed E-state index contributed by atoms with van der Waals surface area (Å²) in [5.41, 5.74) is 3.34. The smallest absolute Gasteiger partial charge is 0.387 e. The van der Waals surface area contributed by atoms with Crippen molar-refractivity contribution < 1.29 is 13.5 Å². The Hall–Kier alpha value is -3.51. The highest BCUT2D eigenvalue weighted by molar-refractivity contribution is 5.89. The highest BCUT2D eigenvalue weighted by atomic mass is 19.3. The number of aryl methyl sites for hydroxylation is 1. The lowest BCUT2D eigenvalue weighted by molar-refractivity contribution is -0.0498. The first-order valence-electron chi connectivity index (χ1n) is 12.2. The fourth-order valence-corrected chi connectivity index (χ4v) is 5.27. The molecule has 0 radical (unpaired) electrons. The van der Waals surface area contributed by atoms with Gasteiger partial charge in [-0.2, -0.15) is 14.0 Å². The van der Waals surface area contributed by atoms with Crippen LogP contribution in [0.25, 0.3) is 11.0 Å². The van der Waals surface area contributed by atoms with Gasteiger partial charge in [-0.15, -0.1) is 0 Å². The number of alkyl halides is 2. The molecule has 0 aliphatic carbocycles. The third-order valence-corrected chi connectivity index (χ3v) is 7.13. The summed E-state index contributed by atoms with van der Waals surface area (Å²) in [5.74, 6) is 0.148. The SMILES string of the molecule is CCC(c1ccc(OC(F)F)cc1)N1C[C@H](CC)N(c2cc(=O)n(C)c3ccc(C#N)nc23)C[C@H]1C. The van der Waals surface area contributed by atoms with Gasteiger partial charge in [0.25, 0.3) is 5.56 Å². The van der Waals surface area contributed by atoms with E-state index >= 15 is 0 Å². The molecule has 1 aliphatic rings. The third kappa shape index (κ3) is 4.91. The second-order valence-electron chi connectivity index (χ2n) is 9.23. The molecule has 7 nitrogen and oxygen atoms in total. The van der Waals surface area contributed by atoms with Crippen molar-refractivity contribution in [3.8, 4) is 11.8 Å². The number of fused-ring (bicyclic) bond motifs is 1. The van der Waals surface area contributed by atoms with Gasteiger partial charge >= 0.3 is 6.61 Å². The molecule has 4 rings (SSSR count). The Morgan fingerprint density at radius 2 is 1.89 bits per heavy atom. The van der Waals surface area contributed by atoms with E-state index in [4.69, 9.17) is 0 Å². The molecule has 9 heteroatoms. The van der Waals surface area contributed by atoms with E-state index < -0.39 is 6.61 Å². The van der Waals surface area contributed by atoms with Crippen LogP contribution < -0.4 is 15.2 Å². The summed E-state index contributed by atoms with van der Waals surface area (Å²) in [5, 5.41) is 9.41. The summed E-state index contributed by atoms with van der Waals surface area (Å²) in [4.78, 5) is 22.1. The molecule has 3 aromatic rings. The van der Waals surface area contributed by atoms with Crippen LogP contribution in [0.1, 0.15) is 50.9 Å². The van der Waals surface area contributed by atoms with Crippen LogP contribution >= 0.6 is 0 Å². The minimum absolute atomic E-state index is 0.112. The van der Waals surface area contributed by atoms with Gasteiger partial charge in [-0.25, -0.2) is 4.98 Å². The van der Waals surface area contributed by atoms with Crippen molar-refractivity contribution in [1.29, 1.82) is 5.26 Å². The molecule has 0 bridgehead atoms. The number of nitriles is 1. The zero-order valence-corrected chi connectivity index (χ0v) is 21.0. The van der Waals surface area contributed by atoms with E-state index in [1.54, 1.807) is 41.9 Å². The van der Waals surface area contributed by atoms with Gasteiger partial charge in [0.2, 0.25) is 0 Å². The summed E-state index contributed by atoms with van der Waals surface area (Å²) >= 11 is 0. The summed E-state index contributed by atoms with van der Waals surface area (Å²) in [6.07, 6.45) is 1.72. The lowest BCUT2D eigenvalue weighted by Gasteiger charge is -2.49. The fraction of sp³-hybridized carbons (Fsp3) is 0.444. The molecule has 1 aliphatic heterocycles. The van der Waals surface area contributed by atoms with Gasteiger partial charge in [-0.1, -0.05) is 26.0 Å². The number of ether oxygens (including phenoxy) is 1. The first kappa shape index (κ1) is 25.6. The van der Waals surface area contributed by atoms with Crippen molar-refractivity contribution in [3.63, 3.8) is 0 Å². The largest absolute Gasteiger partial charge is 0.435 e. The topological polar surface area (TPSA) is 74.4 Å². The highest BCUT2D eigenvalue weighted by Crippen LogP contribution is 2.35. The second-order valence-corrected chi connectivity index (χ2v) is 9.23. The van der Waals surface area contributed by atoms with Crippen molar-refractivity contribution in [2.24, 2.45) is 7.05 Å². The number of aromatic nitrogens is 2. The molecule has 3 heterocycles. The van der Waals surface area contributed by atoms with Crippen LogP contribution in [-0.4, -0.2) is 46.2 Å². The molecule has 0 N–H and O–H groups in total. The molecule has 2 aromatic heterocycles. The summed E-state index contributed by atoms with van der Waals surface area (Å²) in [7, 11) is 1.71. The molecule has 1 fully saturated rings. The van der Waals surface area contributed by atoms with E-state index in [-0.39, 0.29) is 29.4 Å². The zero-order valence-electron chi connectivity index (χ0n) is 21.0. The minimum Gasteiger partial charge on any atom is -0.435 e. The molecular formula is C27H31F2N5O2. The number of anilines is 1. The Morgan fingerprint density at radius 3 is 2.50 bits per heavy atom. The third-order valence-electron chi connectivity index (χ3n) is 7.13. The molecule has 1 aromatic carbocycles. The van der Waals surface area contributed by atoms with Gasteiger partial charge in [0.05, 0.1) is 11.2 Å². The number of hydrogen-bond acceptors (Lipinski definition) is 6. The van der Waals surface area contributed by atoms with Crippen molar-refractivity contribution in [2.75, 3.05) is 18.0 Å². The summed E-state index contributed by atoms with van der Waals surface area (Å²) in [6, 6.07) is 14.4. The molecule has 36 heavy (non-hydrogen) atoms. The van der Waals surface area contributed by atoms with Crippen molar-refractivity contribution in [1.82, 2.24) is 14.5 Å². The highest BCUT2D eigenvalue weighted by Gasteiger charge is 2.35. The van der Waals surface area contributed by atoms with E-state index in [1.807, 2.05) is 12.1 Å². The summed E-state index contributed by atoms with van der Waals surface area (Å²) in [6.45, 7) is 5.01. The summed E-state index contributed by atoms with van der Waals surface area (Å²) < 4.78 is 31.2. The van der Waals surface area contributed by atoms with Gasteiger partial charge in [-0.3, -0.25) is 9.69 Å². The Balaban J connectivity index is 1.67. The number of piperazine rings is 1. The van der Waals surface area contributed by atoms with Crippen molar-refractivity contribution in [2.45, 2.75) is 58.3 Å². The number of nitrogens with zero attached hydrogens (tertiary/aromatic N) is 5. The van der Waals surface area contributed by atoms with E-state index in [2.05, 4.69) is 46.4 Å². The first-order valence-corrected chi connectivity index (χ1v) is 12.2. The van der Waals surface area contributed by atoms with Crippen LogP contribution in [0.4, 0.5) is 14.5 Å². The van der Waals surface area contributed by atoms with E-state index in [9.17, 15) is 18.8 Å². The Labute approximate surface area is 209 Å². The molecule has 0 amide bonds. The quantitative estimate of drug-likeness (QED) is 0.467. The first-order chi connectivity index (χ1) is 17.3. The monoisotopic (exact) mass is 495 g/mol. The van der Waals surface area contributed by atoms with Crippen LogP contribution in [0.5, 0.6) is 5.75 Å². The van der Waals surface area contributed by atoms with Gasteiger partial charge in [0.15, 0.2) is 0 Å². The number of rotatable bonds is 7. The average Bonchev–Trinajstić information content (AvgIpc) is 2.87. The molecular weight excluding hydrogens is 464 g/mol. The number of pyridine rings is 2. The van der Waals surface area contributed by atoms with Crippen molar-refractivity contribution >= 4 is 16.7 Å². The predicted molar refractivity (Wildman–Crippen MR) is 135 cm³/mol. The Morgan fingerprint density at radius 1 is 1.17 bits per heavy atom. The number of hydrogen-bond donors (Lipinski definition) is 0. The molecule has 0 saturated carbocycles. The Kier molecular flexibility index (Phi) is 7.55. The molecule has 3 atom stereocenters. The predicted octanol–water partition coefficient (Wildman–Crippen LogP) is 4.85. The minimum atomic E-state index is -2.85. The van der Waals surface area contributed by atoms with Crippen molar-refractivity contribution in [3.05, 3.63) is 64.1 Å². The molecule has 1 saturated heterocycles. The second kappa shape index (κ2) is 10.6. The van der Waals surface area contributed by atoms with Crippen LogP contribution in [-0.2, 0) is 7.05 Å². The molecule has 190 valence electrons. The van der Waals surface area contributed by atoms with Gasteiger partial charge in [0, 0.05) is 44.3 Å². The van der Waals surface area contributed by atoms with Gasteiger partial charge in [-0.05, 0) is 49.6 Å². The van der Waals surface area contributed by atoms with Crippen LogP contribution in [0.15, 0.2) is 47.3 Å².